The van der Waals surface area contributed by atoms with Crippen LogP contribution < -0.4 is 11.1 Å². The molecule has 23 heavy (non-hydrogen) atoms. The van der Waals surface area contributed by atoms with Crippen LogP contribution in [0.15, 0.2) is 30.6 Å². The molecule has 0 amide bonds. The first-order chi connectivity index (χ1) is 11.1. The number of nitrogen functional groups attached to an aromatic ring is 1. The van der Waals surface area contributed by atoms with Crippen molar-refractivity contribution in [1.82, 2.24) is 14.9 Å². The lowest BCUT2D eigenvalue weighted by atomic mass is 10.0. The van der Waals surface area contributed by atoms with E-state index in [4.69, 9.17) is 17.3 Å². The number of hydrogen-bond acceptors (Lipinski definition) is 5. The van der Waals surface area contributed by atoms with E-state index in [0.29, 0.717) is 16.9 Å². The SMILES string of the molecule is Nc1ncnc(NC2CCN(Cc3ccc(F)cc3)CC2)c1Cl. The minimum atomic E-state index is -0.197. The molecule has 0 radical (unpaired) electrons. The minimum absolute atomic E-state index is 0.197. The standard InChI is InChI=1S/C16H19ClFN5/c17-14-15(19)20-10-21-16(14)22-13-5-7-23(8-6-13)9-11-1-3-12(18)4-2-11/h1-4,10,13H,5-9H2,(H3,19,20,21,22). The zero-order chi connectivity index (χ0) is 16.2. The molecule has 2 aromatic rings. The molecule has 0 saturated carbocycles. The summed E-state index contributed by atoms with van der Waals surface area (Å²) < 4.78 is 12.9. The predicted molar refractivity (Wildman–Crippen MR) is 89.8 cm³/mol. The van der Waals surface area contributed by atoms with Crippen molar-refractivity contribution in [2.75, 3.05) is 24.1 Å². The minimum Gasteiger partial charge on any atom is -0.382 e. The number of nitrogens with zero attached hydrogens (tertiary/aromatic N) is 3. The van der Waals surface area contributed by atoms with Gasteiger partial charge in [-0.2, -0.15) is 0 Å². The molecule has 3 rings (SSSR count). The van der Waals surface area contributed by atoms with Gasteiger partial charge in [-0.15, -0.1) is 0 Å². The Morgan fingerprint density at radius 1 is 1.22 bits per heavy atom. The second-order valence-electron chi connectivity index (χ2n) is 5.74. The second kappa shape index (κ2) is 7.10. The van der Waals surface area contributed by atoms with Gasteiger partial charge in [-0.25, -0.2) is 14.4 Å². The molecule has 122 valence electrons. The third-order valence-electron chi connectivity index (χ3n) is 4.06. The smallest absolute Gasteiger partial charge is 0.150 e. The van der Waals surface area contributed by atoms with E-state index in [1.165, 1.54) is 18.5 Å². The Labute approximate surface area is 139 Å². The Hall–Kier alpha value is -1.92. The van der Waals surface area contributed by atoms with E-state index in [2.05, 4.69) is 20.2 Å². The number of benzene rings is 1. The Kier molecular flexibility index (Phi) is 4.93. The molecule has 1 fully saturated rings. The number of rotatable bonds is 4. The third-order valence-corrected chi connectivity index (χ3v) is 4.44. The van der Waals surface area contributed by atoms with Crippen LogP contribution in [0.5, 0.6) is 0 Å². The zero-order valence-electron chi connectivity index (χ0n) is 12.7. The largest absolute Gasteiger partial charge is 0.382 e. The summed E-state index contributed by atoms with van der Waals surface area (Å²) in [5.74, 6) is 0.687. The highest BCUT2D eigenvalue weighted by Crippen LogP contribution is 2.26. The van der Waals surface area contributed by atoms with Gasteiger partial charge in [-0.3, -0.25) is 4.90 Å². The number of aromatic nitrogens is 2. The molecular weight excluding hydrogens is 317 g/mol. The lowest BCUT2D eigenvalue weighted by Gasteiger charge is -2.32. The van der Waals surface area contributed by atoms with Crippen molar-refractivity contribution in [3.8, 4) is 0 Å². The fourth-order valence-electron chi connectivity index (χ4n) is 2.76. The molecule has 1 aliphatic heterocycles. The van der Waals surface area contributed by atoms with Crippen LogP contribution in [0.1, 0.15) is 18.4 Å². The van der Waals surface area contributed by atoms with Crippen LogP contribution >= 0.6 is 11.6 Å². The summed E-state index contributed by atoms with van der Waals surface area (Å²) in [5, 5.41) is 3.72. The molecule has 1 aromatic carbocycles. The Morgan fingerprint density at radius 2 is 1.91 bits per heavy atom. The van der Waals surface area contributed by atoms with E-state index in [1.54, 1.807) is 0 Å². The molecule has 1 saturated heterocycles. The highest BCUT2D eigenvalue weighted by Gasteiger charge is 2.20. The van der Waals surface area contributed by atoms with Crippen LogP contribution in [-0.2, 0) is 6.54 Å². The van der Waals surface area contributed by atoms with Crippen LogP contribution in [0.4, 0.5) is 16.0 Å². The zero-order valence-corrected chi connectivity index (χ0v) is 13.4. The Bertz CT molecular complexity index is 656. The van der Waals surface area contributed by atoms with E-state index < -0.39 is 0 Å². The molecule has 1 aromatic heterocycles. The summed E-state index contributed by atoms with van der Waals surface area (Å²) in [7, 11) is 0. The molecule has 1 aliphatic rings. The van der Waals surface area contributed by atoms with E-state index in [-0.39, 0.29) is 11.6 Å². The number of hydrogen-bond donors (Lipinski definition) is 2. The molecule has 0 atom stereocenters. The maximum Gasteiger partial charge on any atom is 0.150 e. The van der Waals surface area contributed by atoms with Crippen LogP contribution in [0.25, 0.3) is 0 Å². The first kappa shape index (κ1) is 16.0. The van der Waals surface area contributed by atoms with Crippen molar-refractivity contribution < 1.29 is 4.39 Å². The van der Waals surface area contributed by atoms with E-state index in [0.717, 1.165) is 38.0 Å². The van der Waals surface area contributed by atoms with Crippen molar-refractivity contribution in [2.45, 2.75) is 25.4 Å². The predicted octanol–water partition coefficient (Wildman–Crippen LogP) is 2.93. The second-order valence-corrected chi connectivity index (χ2v) is 6.12. The van der Waals surface area contributed by atoms with Gasteiger partial charge in [0.2, 0.25) is 0 Å². The fourth-order valence-corrected chi connectivity index (χ4v) is 2.91. The van der Waals surface area contributed by atoms with Crippen LogP contribution in [-0.4, -0.2) is 34.0 Å². The van der Waals surface area contributed by atoms with Crippen LogP contribution in [0.2, 0.25) is 5.02 Å². The van der Waals surface area contributed by atoms with Gasteiger partial charge in [0.1, 0.15) is 23.0 Å². The van der Waals surface area contributed by atoms with E-state index in [9.17, 15) is 4.39 Å². The van der Waals surface area contributed by atoms with Gasteiger partial charge in [0, 0.05) is 25.7 Å². The van der Waals surface area contributed by atoms with Crippen molar-refractivity contribution in [2.24, 2.45) is 0 Å². The average molecular weight is 336 g/mol. The van der Waals surface area contributed by atoms with Crippen molar-refractivity contribution in [3.05, 3.63) is 47.0 Å². The third kappa shape index (κ3) is 4.09. The summed E-state index contributed by atoms with van der Waals surface area (Å²) >= 11 is 6.11. The molecule has 5 nitrogen and oxygen atoms in total. The van der Waals surface area contributed by atoms with Gasteiger partial charge in [-0.1, -0.05) is 23.7 Å². The topological polar surface area (TPSA) is 67.1 Å². The summed E-state index contributed by atoms with van der Waals surface area (Å²) in [5.41, 5.74) is 6.82. The van der Waals surface area contributed by atoms with Crippen molar-refractivity contribution in [3.63, 3.8) is 0 Å². The van der Waals surface area contributed by atoms with Crippen LogP contribution in [0, 0.1) is 5.82 Å². The number of piperidine rings is 1. The van der Waals surface area contributed by atoms with Crippen molar-refractivity contribution >= 4 is 23.2 Å². The van der Waals surface area contributed by atoms with E-state index >= 15 is 0 Å². The quantitative estimate of drug-likeness (QED) is 0.899. The highest BCUT2D eigenvalue weighted by atomic mass is 35.5. The number of nitrogens with two attached hydrogens (primary N) is 1. The van der Waals surface area contributed by atoms with E-state index in [1.807, 2.05) is 12.1 Å². The normalized spacial score (nSPS) is 16.4. The number of halogens is 2. The summed E-state index contributed by atoms with van der Waals surface area (Å²) in [6.45, 7) is 2.77. The molecule has 2 heterocycles. The monoisotopic (exact) mass is 335 g/mol. The van der Waals surface area contributed by atoms with Crippen molar-refractivity contribution in [1.29, 1.82) is 0 Å². The first-order valence-corrected chi connectivity index (χ1v) is 7.99. The van der Waals surface area contributed by atoms with Gasteiger partial charge >= 0.3 is 0 Å². The Balaban J connectivity index is 1.52. The Morgan fingerprint density at radius 3 is 2.61 bits per heavy atom. The molecule has 0 unspecified atom stereocenters. The van der Waals surface area contributed by atoms with Gasteiger partial charge in [0.05, 0.1) is 0 Å². The van der Waals surface area contributed by atoms with Gasteiger partial charge < -0.3 is 11.1 Å². The maximum absolute atomic E-state index is 12.9. The number of anilines is 2. The van der Waals surface area contributed by atoms with Gasteiger partial charge in [0.25, 0.3) is 0 Å². The molecule has 0 spiro atoms. The molecule has 0 bridgehead atoms. The molecular formula is C16H19ClFN5. The number of nitrogens with one attached hydrogen (secondary N) is 1. The lowest BCUT2D eigenvalue weighted by molar-refractivity contribution is 0.211. The fraction of sp³-hybridized carbons (Fsp3) is 0.375. The highest BCUT2D eigenvalue weighted by molar-refractivity contribution is 6.35. The van der Waals surface area contributed by atoms with Crippen LogP contribution in [0.3, 0.4) is 0 Å². The summed E-state index contributed by atoms with van der Waals surface area (Å²) in [4.78, 5) is 10.4. The molecule has 3 N–H and O–H groups in total. The average Bonchev–Trinajstić information content (AvgIpc) is 2.56. The summed E-state index contributed by atoms with van der Waals surface area (Å²) in [6.07, 6.45) is 3.38. The maximum atomic E-state index is 12.9. The summed E-state index contributed by atoms with van der Waals surface area (Å²) in [6, 6.07) is 6.99. The molecule has 0 aliphatic carbocycles. The first-order valence-electron chi connectivity index (χ1n) is 7.61. The lowest BCUT2D eigenvalue weighted by Crippen LogP contribution is -2.38. The number of likely N-dealkylation sites (tertiary alicyclic amines) is 1. The van der Waals surface area contributed by atoms with Gasteiger partial charge in [0.15, 0.2) is 5.82 Å². The van der Waals surface area contributed by atoms with Gasteiger partial charge in [-0.05, 0) is 30.5 Å². The molecule has 7 heteroatoms.